The molecule has 2 N–H and O–H groups in total. The molecular weight excluding hydrogens is 280 g/mol. The van der Waals surface area contributed by atoms with E-state index in [2.05, 4.69) is 12.2 Å². The van der Waals surface area contributed by atoms with E-state index in [1.54, 1.807) is 4.90 Å². The lowest BCUT2D eigenvalue weighted by atomic mass is 10.1. The Kier molecular flexibility index (Phi) is 6.06. The van der Waals surface area contributed by atoms with Crippen molar-refractivity contribution in [3.63, 3.8) is 0 Å². The van der Waals surface area contributed by atoms with Gasteiger partial charge in [-0.3, -0.25) is 10.1 Å². The van der Waals surface area contributed by atoms with Crippen LogP contribution in [-0.2, 0) is 9.59 Å². The minimum Gasteiger partial charge on any atom is -0.478 e. The molecule has 1 saturated heterocycles. The lowest BCUT2D eigenvalue weighted by Gasteiger charge is -2.31. The average Bonchev–Trinajstić information content (AvgIpc) is 2.45. The lowest BCUT2D eigenvalue weighted by Crippen LogP contribution is -2.48. The highest BCUT2D eigenvalue weighted by atomic mass is 32.2. The first-order valence-electron chi connectivity index (χ1n) is 6.49. The van der Waals surface area contributed by atoms with Crippen LogP contribution in [0.1, 0.15) is 27.2 Å². The standard InChI is InChI=1S/C13H20N2O4S/c1-4-10-7-15(5-6-20-10)13(19)14-11(16)8(2)9(3)12(17)18/h10H,4-7H2,1-3H3,(H,17,18)(H,14,16,19). The second-order valence-corrected chi connectivity index (χ2v) is 6.07. The van der Waals surface area contributed by atoms with Crippen LogP contribution >= 0.6 is 11.8 Å². The number of rotatable bonds is 3. The van der Waals surface area contributed by atoms with Crippen LogP contribution in [-0.4, -0.2) is 52.0 Å². The lowest BCUT2D eigenvalue weighted by molar-refractivity contribution is -0.133. The summed E-state index contributed by atoms with van der Waals surface area (Å²) in [4.78, 5) is 36.2. The number of carbonyl (C=O) groups is 3. The van der Waals surface area contributed by atoms with E-state index in [0.717, 1.165) is 12.2 Å². The molecule has 20 heavy (non-hydrogen) atoms. The molecule has 1 unspecified atom stereocenters. The smallest absolute Gasteiger partial charge is 0.331 e. The number of nitrogens with zero attached hydrogens (tertiary/aromatic N) is 1. The monoisotopic (exact) mass is 300 g/mol. The van der Waals surface area contributed by atoms with Gasteiger partial charge in [0.25, 0.3) is 5.91 Å². The number of imide groups is 1. The van der Waals surface area contributed by atoms with E-state index in [4.69, 9.17) is 5.11 Å². The van der Waals surface area contributed by atoms with E-state index < -0.39 is 17.9 Å². The van der Waals surface area contributed by atoms with E-state index in [1.165, 1.54) is 13.8 Å². The first-order valence-corrected chi connectivity index (χ1v) is 7.54. The Hall–Kier alpha value is -1.50. The molecule has 0 radical (unpaired) electrons. The van der Waals surface area contributed by atoms with Crippen LogP contribution in [0.25, 0.3) is 0 Å². The van der Waals surface area contributed by atoms with Gasteiger partial charge < -0.3 is 10.0 Å². The molecule has 1 aliphatic rings. The largest absolute Gasteiger partial charge is 0.478 e. The van der Waals surface area contributed by atoms with Gasteiger partial charge in [-0.2, -0.15) is 11.8 Å². The van der Waals surface area contributed by atoms with Gasteiger partial charge in [0.1, 0.15) is 0 Å². The summed E-state index contributed by atoms with van der Waals surface area (Å²) in [5.74, 6) is -0.963. The van der Waals surface area contributed by atoms with Crippen molar-refractivity contribution in [3.8, 4) is 0 Å². The van der Waals surface area contributed by atoms with E-state index in [1.807, 2.05) is 11.8 Å². The van der Waals surface area contributed by atoms with Gasteiger partial charge in [-0.25, -0.2) is 9.59 Å². The number of amides is 3. The summed E-state index contributed by atoms with van der Waals surface area (Å²) in [6.07, 6.45) is 0.972. The minimum atomic E-state index is -1.16. The predicted molar refractivity (Wildman–Crippen MR) is 77.7 cm³/mol. The molecule has 0 spiro atoms. The van der Waals surface area contributed by atoms with Gasteiger partial charge in [-0.05, 0) is 20.3 Å². The quantitative estimate of drug-likeness (QED) is 0.771. The Bertz CT molecular complexity index is 448. The van der Waals surface area contributed by atoms with Crippen molar-refractivity contribution >= 4 is 29.7 Å². The number of aliphatic carboxylic acids is 1. The zero-order valence-corrected chi connectivity index (χ0v) is 12.7. The second-order valence-electron chi connectivity index (χ2n) is 4.66. The Morgan fingerprint density at radius 1 is 1.30 bits per heavy atom. The summed E-state index contributed by atoms with van der Waals surface area (Å²) in [5, 5.41) is 11.5. The van der Waals surface area contributed by atoms with Gasteiger partial charge in [0, 0.05) is 35.2 Å². The van der Waals surface area contributed by atoms with E-state index in [9.17, 15) is 14.4 Å². The molecule has 112 valence electrons. The number of carbonyl (C=O) groups excluding carboxylic acids is 2. The van der Waals surface area contributed by atoms with Crippen molar-refractivity contribution in [1.29, 1.82) is 0 Å². The predicted octanol–water partition coefficient (Wildman–Crippen LogP) is 1.47. The maximum absolute atomic E-state index is 12.0. The van der Waals surface area contributed by atoms with Crippen molar-refractivity contribution < 1.29 is 19.5 Å². The summed E-state index contributed by atoms with van der Waals surface area (Å²) in [6, 6.07) is -0.453. The molecule has 6 nitrogen and oxygen atoms in total. The highest BCUT2D eigenvalue weighted by Gasteiger charge is 2.25. The van der Waals surface area contributed by atoms with Crippen molar-refractivity contribution in [2.45, 2.75) is 32.4 Å². The molecule has 1 heterocycles. The summed E-state index contributed by atoms with van der Waals surface area (Å²) >= 11 is 1.82. The van der Waals surface area contributed by atoms with Gasteiger partial charge in [-0.15, -0.1) is 0 Å². The zero-order valence-electron chi connectivity index (χ0n) is 11.9. The van der Waals surface area contributed by atoms with E-state index in [-0.39, 0.29) is 11.1 Å². The molecule has 0 aromatic rings. The zero-order chi connectivity index (χ0) is 15.3. The van der Waals surface area contributed by atoms with Crippen LogP contribution in [0, 0.1) is 0 Å². The highest BCUT2D eigenvalue weighted by Crippen LogP contribution is 2.21. The summed E-state index contributed by atoms with van der Waals surface area (Å²) < 4.78 is 0. The van der Waals surface area contributed by atoms with Gasteiger partial charge in [0.2, 0.25) is 0 Å². The number of nitrogens with one attached hydrogen (secondary N) is 1. The fraction of sp³-hybridized carbons (Fsp3) is 0.615. The molecule has 1 atom stereocenters. The van der Waals surface area contributed by atoms with Crippen LogP contribution in [0.3, 0.4) is 0 Å². The summed E-state index contributed by atoms with van der Waals surface area (Å²) in [6.45, 7) is 6.01. The van der Waals surface area contributed by atoms with Crippen molar-refractivity contribution in [3.05, 3.63) is 11.1 Å². The summed E-state index contributed by atoms with van der Waals surface area (Å²) in [5.41, 5.74) is -0.0137. The molecule has 1 rings (SSSR count). The number of urea groups is 1. The summed E-state index contributed by atoms with van der Waals surface area (Å²) in [7, 11) is 0. The Morgan fingerprint density at radius 3 is 2.50 bits per heavy atom. The molecule has 1 aliphatic heterocycles. The number of hydrogen-bond donors (Lipinski definition) is 2. The van der Waals surface area contributed by atoms with Crippen molar-refractivity contribution in [1.82, 2.24) is 10.2 Å². The van der Waals surface area contributed by atoms with E-state index in [0.29, 0.717) is 18.3 Å². The minimum absolute atomic E-state index is 0.0456. The normalized spacial score (nSPS) is 20.1. The number of carboxylic acids is 1. The molecule has 0 aliphatic carbocycles. The average molecular weight is 300 g/mol. The molecule has 0 aromatic carbocycles. The van der Waals surface area contributed by atoms with Crippen LogP contribution in [0.5, 0.6) is 0 Å². The van der Waals surface area contributed by atoms with Gasteiger partial charge >= 0.3 is 12.0 Å². The number of thioether (sulfide) groups is 1. The van der Waals surface area contributed by atoms with Gasteiger partial charge in [-0.1, -0.05) is 6.92 Å². The Labute approximate surface area is 122 Å². The molecule has 1 fully saturated rings. The maximum Gasteiger partial charge on any atom is 0.331 e. The van der Waals surface area contributed by atoms with Crippen molar-refractivity contribution in [2.75, 3.05) is 18.8 Å². The van der Waals surface area contributed by atoms with Crippen LogP contribution in [0.4, 0.5) is 4.79 Å². The van der Waals surface area contributed by atoms with Gasteiger partial charge in [0.15, 0.2) is 0 Å². The van der Waals surface area contributed by atoms with Crippen LogP contribution in [0.2, 0.25) is 0 Å². The fourth-order valence-corrected chi connectivity index (χ4v) is 2.93. The first-order chi connectivity index (χ1) is 9.36. The third-order valence-corrected chi connectivity index (χ3v) is 4.70. The topological polar surface area (TPSA) is 86.7 Å². The number of carboxylic acid groups (broad SMARTS) is 1. The molecule has 3 amide bonds. The molecule has 0 bridgehead atoms. The SMILES string of the molecule is CCC1CN(C(=O)NC(=O)C(C)=C(C)C(=O)O)CCS1. The maximum atomic E-state index is 12.0. The Morgan fingerprint density at radius 2 is 1.95 bits per heavy atom. The number of hydrogen-bond acceptors (Lipinski definition) is 4. The van der Waals surface area contributed by atoms with Crippen molar-refractivity contribution in [2.24, 2.45) is 0 Å². The second kappa shape index (κ2) is 7.33. The molecular formula is C13H20N2O4S. The molecule has 7 heteroatoms. The van der Waals surface area contributed by atoms with Gasteiger partial charge in [0.05, 0.1) is 0 Å². The molecule has 0 saturated carbocycles. The first kappa shape index (κ1) is 16.6. The van der Waals surface area contributed by atoms with Crippen LogP contribution < -0.4 is 5.32 Å². The van der Waals surface area contributed by atoms with Crippen LogP contribution in [0.15, 0.2) is 11.1 Å². The third-order valence-electron chi connectivity index (χ3n) is 3.33. The highest BCUT2D eigenvalue weighted by molar-refractivity contribution is 8.00. The molecule has 0 aromatic heterocycles. The fourth-order valence-electron chi connectivity index (χ4n) is 1.75. The van der Waals surface area contributed by atoms with E-state index >= 15 is 0 Å². The third kappa shape index (κ3) is 4.26. The Balaban J connectivity index is 2.64.